The fraction of sp³-hybridized carbons (Fsp3) is 0.143. The predicted octanol–water partition coefficient (Wildman–Crippen LogP) is 3.81. The van der Waals surface area contributed by atoms with Crippen LogP contribution in [0.3, 0.4) is 0 Å². The molecule has 0 bridgehead atoms. The van der Waals surface area contributed by atoms with Gasteiger partial charge in [0.05, 0.1) is 20.8 Å². The van der Waals surface area contributed by atoms with Crippen LogP contribution in [-0.4, -0.2) is 27.3 Å². The Hall–Kier alpha value is -1.15. The van der Waals surface area contributed by atoms with E-state index in [1.54, 1.807) is 0 Å². The Morgan fingerprint density at radius 1 is 0.708 bits per heavy atom. The molecule has 0 saturated heterocycles. The normalized spacial score (nSPS) is 23.6. The molecule has 1 aromatic carbocycles. The maximum atomic E-state index is 13.9. The molecule has 24 heavy (non-hydrogen) atoms. The van der Waals surface area contributed by atoms with Gasteiger partial charge in [-0.2, -0.15) is 0 Å². The van der Waals surface area contributed by atoms with Crippen molar-refractivity contribution in [2.45, 2.75) is 0 Å². The molecule has 0 heterocycles. The van der Waals surface area contributed by atoms with Crippen LogP contribution in [0.25, 0.3) is 0 Å². The number of benzene rings is 1. The summed E-state index contributed by atoms with van der Waals surface area (Å²) in [7, 11) is 10.9. The Kier molecular flexibility index (Phi) is 4.19. The standard InChI is InChI=1S/C14H2B2Br2F4O2/c15-5-1-2(6(16)10(20)9(5)19)14(24)4-3(13(1)23)7(17)11(21)12(22)8(4)18/h1-2H. The van der Waals surface area contributed by atoms with E-state index in [4.69, 9.17) is 15.7 Å². The van der Waals surface area contributed by atoms with Gasteiger partial charge in [-0.3, -0.25) is 9.59 Å². The lowest BCUT2D eigenvalue weighted by Crippen LogP contribution is -2.42. The highest BCUT2D eigenvalue weighted by Crippen LogP contribution is 2.48. The molecule has 2 aliphatic rings. The van der Waals surface area contributed by atoms with E-state index in [1.165, 1.54) is 0 Å². The van der Waals surface area contributed by atoms with E-state index in [0.29, 0.717) is 0 Å². The summed E-state index contributed by atoms with van der Waals surface area (Å²) in [5.74, 6) is -11.1. The third-order valence-electron chi connectivity index (χ3n) is 4.03. The smallest absolute Gasteiger partial charge is 0.174 e. The first-order valence-corrected chi connectivity index (χ1v) is 7.94. The molecule has 10 heteroatoms. The number of carbonyl (C=O) groups is 2. The van der Waals surface area contributed by atoms with E-state index >= 15 is 0 Å². The molecule has 118 valence electrons. The zero-order valence-electron chi connectivity index (χ0n) is 11.4. The first kappa shape index (κ1) is 17.7. The van der Waals surface area contributed by atoms with Gasteiger partial charge in [-0.25, -0.2) is 17.6 Å². The maximum Gasteiger partial charge on any atom is 0.174 e. The van der Waals surface area contributed by atoms with E-state index in [9.17, 15) is 27.2 Å². The quantitative estimate of drug-likeness (QED) is 0.256. The Bertz CT molecular complexity index is 838. The van der Waals surface area contributed by atoms with E-state index < -0.39 is 77.7 Å². The molecule has 0 N–H and O–H groups in total. The van der Waals surface area contributed by atoms with Gasteiger partial charge in [-0.15, -0.1) is 0 Å². The van der Waals surface area contributed by atoms with Gasteiger partial charge in [0.15, 0.2) is 23.2 Å². The second-order valence-corrected chi connectivity index (χ2v) is 6.81. The fourth-order valence-electron chi connectivity index (χ4n) is 2.88. The molecule has 1 aromatic rings. The van der Waals surface area contributed by atoms with Gasteiger partial charge in [0.25, 0.3) is 0 Å². The molecule has 2 nitrogen and oxygen atoms in total. The SMILES string of the molecule is [B]C1=C(F)C(F)=C([B])C2C(=O)c3c(Br)c(F)c(F)c(Br)c3C(=O)C12. The molecule has 3 rings (SSSR count). The van der Waals surface area contributed by atoms with Gasteiger partial charge >= 0.3 is 0 Å². The molecule has 0 fully saturated rings. The summed E-state index contributed by atoms with van der Waals surface area (Å²) >= 11 is 5.44. The highest BCUT2D eigenvalue weighted by molar-refractivity contribution is 9.11. The van der Waals surface area contributed by atoms with Crippen LogP contribution in [0.5, 0.6) is 0 Å². The van der Waals surface area contributed by atoms with Crippen LogP contribution in [0.15, 0.2) is 31.5 Å². The van der Waals surface area contributed by atoms with E-state index in [0.717, 1.165) is 0 Å². The highest BCUT2D eigenvalue weighted by Gasteiger charge is 2.49. The van der Waals surface area contributed by atoms with Crippen molar-refractivity contribution >= 4 is 59.1 Å². The zero-order valence-corrected chi connectivity index (χ0v) is 14.6. The molecule has 2 aliphatic carbocycles. The van der Waals surface area contributed by atoms with Crippen LogP contribution >= 0.6 is 31.9 Å². The van der Waals surface area contributed by atoms with Crippen LogP contribution in [0.2, 0.25) is 0 Å². The van der Waals surface area contributed by atoms with Crippen molar-refractivity contribution in [1.29, 1.82) is 0 Å². The number of halogens is 6. The third-order valence-corrected chi connectivity index (χ3v) is 5.52. The molecule has 0 saturated carbocycles. The number of hydrogen-bond donors (Lipinski definition) is 0. The lowest BCUT2D eigenvalue weighted by atomic mass is 9.58. The predicted molar refractivity (Wildman–Crippen MR) is 85.2 cm³/mol. The Labute approximate surface area is 152 Å². The summed E-state index contributed by atoms with van der Waals surface area (Å²) in [6.07, 6.45) is 0. The second kappa shape index (κ2) is 5.69. The summed E-state index contributed by atoms with van der Waals surface area (Å²) in [4.78, 5) is 25.3. The van der Waals surface area contributed by atoms with Crippen LogP contribution in [-0.2, 0) is 0 Å². The second-order valence-electron chi connectivity index (χ2n) is 5.23. The third kappa shape index (κ3) is 2.08. The van der Waals surface area contributed by atoms with Gasteiger partial charge < -0.3 is 0 Å². The molecule has 0 aromatic heterocycles. The Morgan fingerprint density at radius 3 is 1.29 bits per heavy atom. The Balaban J connectivity index is 2.40. The van der Waals surface area contributed by atoms with Crippen molar-refractivity contribution < 1.29 is 27.2 Å². The number of carbonyl (C=O) groups excluding carboxylic acids is 2. The average molecular weight is 460 g/mol. The van der Waals surface area contributed by atoms with Gasteiger partial charge in [-0.1, -0.05) is 10.9 Å². The number of allylic oxidation sites excluding steroid dienone is 4. The summed E-state index contributed by atoms with van der Waals surface area (Å²) in [5.41, 5.74) is -2.64. The molecule has 2 unspecified atom stereocenters. The first-order chi connectivity index (χ1) is 11.1. The number of hydrogen-bond acceptors (Lipinski definition) is 2. The largest absolute Gasteiger partial charge is 0.293 e. The summed E-state index contributed by atoms with van der Waals surface area (Å²) in [6, 6.07) is 0. The first-order valence-electron chi connectivity index (χ1n) is 6.36. The molecule has 4 radical (unpaired) electrons. The molecule has 0 spiro atoms. The van der Waals surface area contributed by atoms with Gasteiger partial charge in [0.1, 0.15) is 27.3 Å². The van der Waals surface area contributed by atoms with E-state index in [-0.39, 0.29) is 0 Å². The number of rotatable bonds is 0. The summed E-state index contributed by atoms with van der Waals surface area (Å²) in [5, 5.41) is 0. The van der Waals surface area contributed by atoms with Crippen LogP contribution < -0.4 is 0 Å². The minimum Gasteiger partial charge on any atom is -0.293 e. The van der Waals surface area contributed by atoms with Crippen molar-refractivity contribution in [3.63, 3.8) is 0 Å². The minimum atomic E-state index is -1.63. The Morgan fingerprint density at radius 2 is 1.00 bits per heavy atom. The van der Waals surface area contributed by atoms with Gasteiger partial charge in [-0.05, 0) is 31.9 Å². The fourth-order valence-corrected chi connectivity index (χ4v) is 4.01. The summed E-state index contributed by atoms with van der Waals surface area (Å²) in [6.45, 7) is 0. The van der Waals surface area contributed by atoms with Crippen molar-refractivity contribution in [2.24, 2.45) is 11.8 Å². The van der Waals surface area contributed by atoms with Crippen LogP contribution in [0, 0.1) is 23.5 Å². The molecular weight excluding hydrogens is 458 g/mol. The number of Topliss-reactive ketones (excluding diaryl/α,β-unsaturated/α-hetero) is 2. The van der Waals surface area contributed by atoms with E-state index in [1.807, 2.05) is 0 Å². The number of ketones is 2. The van der Waals surface area contributed by atoms with Crippen LogP contribution in [0.1, 0.15) is 20.7 Å². The van der Waals surface area contributed by atoms with Crippen molar-refractivity contribution in [3.05, 3.63) is 54.3 Å². The minimum absolute atomic E-state index is 0.502. The summed E-state index contributed by atoms with van der Waals surface area (Å²) < 4.78 is 54.2. The zero-order chi connectivity index (χ0) is 18.1. The molecule has 2 atom stereocenters. The van der Waals surface area contributed by atoms with Crippen molar-refractivity contribution in [1.82, 2.24) is 0 Å². The lowest BCUT2D eigenvalue weighted by Gasteiger charge is -2.36. The van der Waals surface area contributed by atoms with Crippen molar-refractivity contribution in [3.8, 4) is 0 Å². The van der Waals surface area contributed by atoms with Crippen molar-refractivity contribution in [2.75, 3.05) is 0 Å². The lowest BCUT2D eigenvalue weighted by molar-refractivity contribution is 0.0787. The topological polar surface area (TPSA) is 34.1 Å². The maximum absolute atomic E-state index is 13.9. The molecule has 0 amide bonds. The number of fused-ring (bicyclic) bond motifs is 2. The van der Waals surface area contributed by atoms with Gasteiger partial charge in [0, 0.05) is 11.1 Å². The monoisotopic (exact) mass is 458 g/mol. The average Bonchev–Trinajstić information content (AvgIpc) is 2.55. The van der Waals surface area contributed by atoms with Crippen LogP contribution in [0.4, 0.5) is 17.6 Å². The molecule has 0 aliphatic heterocycles. The van der Waals surface area contributed by atoms with Gasteiger partial charge in [0.2, 0.25) is 0 Å². The van der Waals surface area contributed by atoms with E-state index in [2.05, 4.69) is 31.9 Å². The molecular formula is C14H2B2Br2F4O2. The highest BCUT2D eigenvalue weighted by atomic mass is 79.9.